The Morgan fingerprint density at radius 3 is 1.46 bits per heavy atom. The van der Waals surface area contributed by atoms with E-state index in [-0.39, 0.29) is 46.6 Å². The average Bonchev–Trinajstić information content (AvgIpc) is 2.64. The Morgan fingerprint density at radius 2 is 1.04 bits per heavy atom. The predicted octanol–water partition coefficient (Wildman–Crippen LogP) is 3.10. The molecule has 2 N–H and O–H groups in total. The number of aromatic hydroxyl groups is 2. The summed E-state index contributed by atoms with van der Waals surface area (Å²) in [5.74, 6) is -0.358. The fourth-order valence-electron chi connectivity index (χ4n) is 3.03. The third-order valence-corrected chi connectivity index (χ3v) is 4.38. The lowest BCUT2D eigenvalue weighted by molar-refractivity contribution is 0.447. The Kier molecular flexibility index (Phi) is 3.73. The summed E-state index contributed by atoms with van der Waals surface area (Å²) in [5, 5.41) is 21.6. The van der Waals surface area contributed by atoms with Crippen molar-refractivity contribution >= 4 is 21.9 Å². The van der Waals surface area contributed by atoms with Crippen molar-refractivity contribution in [2.75, 3.05) is 0 Å². The second kappa shape index (κ2) is 6.07. The SMILES string of the molecule is O=c1oc2ccccc2c(O)c1CCc1c(O)c2ccccc2oc1=O. The van der Waals surface area contributed by atoms with Gasteiger partial charge in [0.1, 0.15) is 22.7 Å². The van der Waals surface area contributed by atoms with Crippen molar-refractivity contribution < 1.29 is 19.0 Å². The molecule has 0 unspecified atom stereocenters. The van der Waals surface area contributed by atoms with Crippen LogP contribution in [-0.4, -0.2) is 10.2 Å². The van der Waals surface area contributed by atoms with Gasteiger partial charge in [-0.1, -0.05) is 24.3 Å². The zero-order valence-corrected chi connectivity index (χ0v) is 13.6. The molecule has 6 nitrogen and oxygen atoms in total. The van der Waals surface area contributed by atoms with Gasteiger partial charge in [-0.15, -0.1) is 0 Å². The van der Waals surface area contributed by atoms with E-state index in [1.54, 1.807) is 48.5 Å². The number of fused-ring (bicyclic) bond motifs is 2. The second-order valence-electron chi connectivity index (χ2n) is 5.93. The van der Waals surface area contributed by atoms with Crippen molar-refractivity contribution in [1.82, 2.24) is 0 Å². The quantitative estimate of drug-likeness (QED) is 0.551. The van der Waals surface area contributed by atoms with Gasteiger partial charge in [-0.25, -0.2) is 9.59 Å². The standard InChI is InChI=1S/C20H14O6/c21-17-11-5-1-3-7-15(11)25-19(23)13(17)9-10-14-18(22)12-6-2-4-8-16(12)26-20(14)24/h1-8,21-22H,9-10H2. The Labute approximate surface area is 146 Å². The summed E-state index contributed by atoms with van der Waals surface area (Å²) in [5.41, 5.74) is -0.679. The molecule has 0 fully saturated rings. The first-order chi connectivity index (χ1) is 12.6. The molecule has 0 bridgehead atoms. The van der Waals surface area contributed by atoms with E-state index in [1.807, 2.05) is 0 Å². The van der Waals surface area contributed by atoms with Crippen LogP contribution >= 0.6 is 0 Å². The highest BCUT2D eigenvalue weighted by Crippen LogP contribution is 2.29. The van der Waals surface area contributed by atoms with Gasteiger partial charge in [0.05, 0.1) is 21.9 Å². The molecule has 0 aliphatic rings. The summed E-state index contributed by atoms with van der Waals surface area (Å²) in [6.07, 6.45) is 0.0469. The van der Waals surface area contributed by atoms with Crippen LogP contribution in [0.4, 0.5) is 0 Å². The van der Waals surface area contributed by atoms with Crippen LogP contribution < -0.4 is 11.3 Å². The van der Waals surface area contributed by atoms with Crippen molar-refractivity contribution in [2.45, 2.75) is 12.8 Å². The van der Waals surface area contributed by atoms with Gasteiger partial charge in [-0.3, -0.25) is 0 Å². The van der Waals surface area contributed by atoms with Gasteiger partial charge in [-0.05, 0) is 37.1 Å². The Morgan fingerprint density at radius 1 is 0.654 bits per heavy atom. The molecule has 130 valence electrons. The van der Waals surface area contributed by atoms with Crippen LogP contribution in [0.5, 0.6) is 11.5 Å². The minimum absolute atomic E-state index is 0.0235. The molecule has 0 aliphatic heterocycles. The van der Waals surface area contributed by atoms with Crippen LogP contribution in [0.15, 0.2) is 67.0 Å². The maximum Gasteiger partial charge on any atom is 0.343 e. The molecule has 0 atom stereocenters. The molecule has 4 aromatic rings. The van der Waals surface area contributed by atoms with Crippen molar-refractivity contribution in [1.29, 1.82) is 0 Å². The lowest BCUT2D eigenvalue weighted by atomic mass is 10.0. The molecule has 2 aromatic carbocycles. The van der Waals surface area contributed by atoms with E-state index < -0.39 is 11.3 Å². The van der Waals surface area contributed by atoms with Crippen LogP contribution in [0.1, 0.15) is 11.1 Å². The van der Waals surface area contributed by atoms with Crippen LogP contribution in [0, 0.1) is 0 Å². The maximum atomic E-state index is 12.2. The smallest absolute Gasteiger partial charge is 0.343 e. The van der Waals surface area contributed by atoms with E-state index in [0.29, 0.717) is 10.8 Å². The molecule has 0 saturated heterocycles. The first-order valence-corrected chi connectivity index (χ1v) is 8.03. The van der Waals surface area contributed by atoms with Gasteiger partial charge in [0.15, 0.2) is 0 Å². The van der Waals surface area contributed by atoms with E-state index in [9.17, 15) is 19.8 Å². The highest BCUT2D eigenvalue weighted by molar-refractivity contribution is 5.85. The highest BCUT2D eigenvalue weighted by atomic mass is 16.4. The zero-order valence-electron chi connectivity index (χ0n) is 13.6. The zero-order chi connectivity index (χ0) is 18.3. The fourth-order valence-corrected chi connectivity index (χ4v) is 3.03. The van der Waals surface area contributed by atoms with E-state index in [2.05, 4.69) is 0 Å². The highest BCUT2D eigenvalue weighted by Gasteiger charge is 2.18. The first-order valence-electron chi connectivity index (χ1n) is 8.03. The minimum Gasteiger partial charge on any atom is -0.507 e. The third-order valence-electron chi connectivity index (χ3n) is 4.38. The molecule has 0 aliphatic carbocycles. The Balaban J connectivity index is 1.77. The van der Waals surface area contributed by atoms with Crippen molar-refractivity contribution in [3.8, 4) is 11.5 Å². The molecule has 26 heavy (non-hydrogen) atoms. The number of para-hydroxylation sites is 2. The largest absolute Gasteiger partial charge is 0.507 e. The van der Waals surface area contributed by atoms with Crippen LogP contribution in [0.25, 0.3) is 21.9 Å². The summed E-state index contributed by atoms with van der Waals surface area (Å²) in [7, 11) is 0. The third kappa shape index (κ3) is 2.52. The van der Waals surface area contributed by atoms with Gasteiger partial charge in [0.25, 0.3) is 0 Å². The van der Waals surface area contributed by atoms with Crippen molar-refractivity contribution in [2.24, 2.45) is 0 Å². The molecular weight excluding hydrogens is 336 g/mol. The summed E-state index contributed by atoms with van der Waals surface area (Å²) < 4.78 is 10.4. The number of benzene rings is 2. The monoisotopic (exact) mass is 350 g/mol. The van der Waals surface area contributed by atoms with Crippen LogP contribution in [0.2, 0.25) is 0 Å². The van der Waals surface area contributed by atoms with Crippen LogP contribution in [0.3, 0.4) is 0 Å². The number of rotatable bonds is 3. The van der Waals surface area contributed by atoms with Gasteiger partial charge < -0.3 is 19.0 Å². The predicted molar refractivity (Wildman–Crippen MR) is 95.7 cm³/mol. The lowest BCUT2D eigenvalue weighted by Crippen LogP contribution is -2.13. The van der Waals surface area contributed by atoms with Crippen LogP contribution in [-0.2, 0) is 12.8 Å². The summed E-state index contributed by atoms with van der Waals surface area (Å²) >= 11 is 0. The molecular formula is C20H14O6. The molecule has 2 aromatic heterocycles. The van der Waals surface area contributed by atoms with E-state index >= 15 is 0 Å². The molecule has 0 saturated carbocycles. The Hall–Kier alpha value is -3.54. The van der Waals surface area contributed by atoms with E-state index in [1.165, 1.54) is 0 Å². The number of hydrogen-bond donors (Lipinski definition) is 2. The van der Waals surface area contributed by atoms with Gasteiger partial charge in [0.2, 0.25) is 0 Å². The fraction of sp³-hybridized carbons (Fsp3) is 0.100. The average molecular weight is 350 g/mol. The number of hydrogen-bond acceptors (Lipinski definition) is 6. The summed E-state index contributed by atoms with van der Waals surface area (Å²) in [4.78, 5) is 24.3. The second-order valence-corrected chi connectivity index (χ2v) is 5.93. The maximum absolute atomic E-state index is 12.2. The normalized spacial score (nSPS) is 11.2. The molecule has 2 heterocycles. The Bertz CT molecular complexity index is 1150. The van der Waals surface area contributed by atoms with E-state index in [4.69, 9.17) is 8.83 Å². The lowest BCUT2D eigenvalue weighted by Gasteiger charge is -2.08. The first kappa shape index (κ1) is 16.0. The van der Waals surface area contributed by atoms with Crippen molar-refractivity contribution in [3.63, 3.8) is 0 Å². The van der Waals surface area contributed by atoms with Gasteiger partial charge >= 0.3 is 11.3 Å². The molecule has 0 amide bonds. The van der Waals surface area contributed by atoms with Crippen molar-refractivity contribution in [3.05, 3.63) is 80.5 Å². The van der Waals surface area contributed by atoms with Gasteiger partial charge in [-0.2, -0.15) is 0 Å². The van der Waals surface area contributed by atoms with E-state index in [0.717, 1.165) is 0 Å². The molecule has 6 heteroatoms. The molecule has 0 radical (unpaired) electrons. The van der Waals surface area contributed by atoms with Gasteiger partial charge in [0, 0.05) is 0 Å². The molecule has 0 spiro atoms. The minimum atomic E-state index is -0.675. The summed E-state index contributed by atoms with van der Waals surface area (Å²) in [6, 6.07) is 13.3. The topological polar surface area (TPSA) is 101 Å². The summed E-state index contributed by atoms with van der Waals surface area (Å²) in [6.45, 7) is 0. The molecule has 4 rings (SSSR count).